The van der Waals surface area contributed by atoms with Crippen molar-refractivity contribution in [3.05, 3.63) is 65.5 Å². The van der Waals surface area contributed by atoms with Gasteiger partial charge in [-0.25, -0.2) is 0 Å². The molecule has 2 aromatic rings. The number of alkyl halides is 3. The zero-order chi connectivity index (χ0) is 25.9. The highest BCUT2D eigenvalue weighted by atomic mass is 19.4. The molecule has 0 bridgehead atoms. The molecule has 2 atom stereocenters. The summed E-state index contributed by atoms with van der Waals surface area (Å²) in [7, 11) is 0. The summed E-state index contributed by atoms with van der Waals surface area (Å²) in [6.07, 6.45) is 0.568. The molecule has 36 heavy (non-hydrogen) atoms. The number of pyridine rings is 1. The Kier molecular flexibility index (Phi) is 7.62. The van der Waals surface area contributed by atoms with Crippen LogP contribution in [0, 0.1) is 0 Å². The minimum atomic E-state index is -4.58. The number of β-amino-alcohol motifs (C(OH)–C–C–N with tert-alkyl or cyclic N) is 1. The third-order valence-corrected chi connectivity index (χ3v) is 7.04. The first kappa shape index (κ1) is 26.1. The molecule has 1 aliphatic heterocycles. The van der Waals surface area contributed by atoms with Crippen molar-refractivity contribution >= 4 is 11.8 Å². The number of rotatable bonds is 6. The van der Waals surface area contributed by atoms with Crippen molar-refractivity contribution in [2.45, 2.75) is 55.6 Å². The van der Waals surface area contributed by atoms with Crippen molar-refractivity contribution < 1.29 is 33.0 Å². The number of amides is 2. The number of hydrogen-bond donors (Lipinski definition) is 4. The van der Waals surface area contributed by atoms with E-state index in [-0.39, 0.29) is 11.6 Å². The van der Waals surface area contributed by atoms with Gasteiger partial charge >= 0.3 is 6.18 Å². The predicted molar refractivity (Wildman–Crippen MR) is 124 cm³/mol. The molecule has 8 nitrogen and oxygen atoms in total. The van der Waals surface area contributed by atoms with Gasteiger partial charge in [-0.1, -0.05) is 6.07 Å². The van der Waals surface area contributed by atoms with Crippen LogP contribution in [0.4, 0.5) is 13.2 Å². The molecular formula is C25H29F3N4O4. The summed E-state index contributed by atoms with van der Waals surface area (Å²) in [4.78, 5) is 30.7. The maximum Gasteiger partial charge on any atom is 0.416 e. The fourth-order valence-corrected chi connectivity index (χ4v) is 5.01. The van der Waals surface area contributed by atoms with Crippen molar-refractivity contribution in [1.29, 1.82) is 0 Å². The lowest BCUT2D eigenvalue weighted by Gasteiger charge is -2.39. The Morgan fingerprint density at radius 3 is 2.47 bits per heavy atom. The molecular weight excluding hydrogens is 477 g/mol. The summed E-state index contributed by atoms with van der Waals surface area (Å²) in [6.45, 7) is 0.368. The number of nitrogens with one attached hydrogen (secondary N) is 2. The van der Waals surface area contributed by atoms with Gasteiger partial charge in [0.1, 0.15) is 0 Å². The molecule has 11 heteroatoms. The number of carbonyl (C=O) groups is 2. The maximum absolute atomic E-state index is 12.9. The third kappa shape index (κ3) is 6.03. The first-order chi connectivity index (χ1) is 17.0. The van der Waals surface area contributed by atoms with E-state index in [0.29, 0.717) is 25.9 Å². The molecule has 2 aliphatic rings. The highest BCUT2D eigenvalue weighted by molar-refractivity contribution is 5.96. The van der Waals surface area contributed by atoms with Gasteiger partial charge in [0.15, 0.2) is 0 Å². The summed E-state index contributed by atoms with van der Waals surface area (Å²) >= 11 is 0. The summed E-state index contributed by atoms with van der Waals surface area (Å²) in [6, 6.07) is 7.21. The quantitative estimate of drug-likeness (QED) is 0.475. The lowest BCUT2D eigenvalue weighted by atomic mass is 9.77. The van der Waals surface area contributed by atoms with Crippen molar-refractivity contribution in [3.63, 3.8) is 0 Å². The minimum absolute atomic E-state index is 0.157. The average molecular weight is 507 g/mol. The monoisotopic (exact) mass is 506 g/mol. The van der Waals surface area contributed by atoms with Crippen LogP contribution in [-0.2, 0) is 16.6 Å². The van der Waals surface area contributed by atoms with Gasteiger partial charge in [0, 0.05) is 37.1 Å². The van der Waals surface area contributed by atoms with Crippen LogP contribution < -0.4 is 10.6 Å². The van der Waals surface area contributed by atoms with Gasteiger partial charge in [0.05, 0.1) is 29.9 Å². The van der Waals surface area contributed by atoms with Crippen LogP contribution in [0.5, 0.6) is 0 Å². The molecule has 0 radical (unpaired) electrons. The van der Waals surface area contributed by atoms with E-state index < -0.39 is 47.8 Å². The van der Waals surface area contributed by atoms with Gasteiger partial charge in [-0.2, -0.15) is 13.2 Å². The summed E-state index contributed by atoms with van der Waals surface area (Å²) in [5.74, 6) is -1.34. The van der Waals surface area contributed by atoms with Gasteiger partial charge in [0.25, 0.3) is 5.91 Å². The largest absolute Gasteiger partial charge is 0.416 e. The van der Waals surface area contributed by atoms with E-state index in [1.165, 1.54) is 6.07 Å². The molecule has 2 heterocycles. The van der Waals surface area contributed by atoms with Gasteiger partial charge in [-0.3, -0.25) is 19.5 Å². The summed E-state index contributed by atoms with van der Waals surface area (Å²) in [5, 5.41) is 26.5. The number of benzene rings is 1. The summed E-state index contributed by atoms with van der Waals surface area (Å²) < 4.78 is 38.6. The van der Waals surface area contributed by atoms with E-state index in [1.54, 1.807) is 12.4 Å². The van der Waals surface area contributed by atoms with Crippen LogP contribution in [0.15, 0.2) is 48.8 Å². The van der Waals surface area contributed by atoms with E-state index in [9.17, 15) is 33.0 Å². The van der Waals surface area contributed by atoms with Crippen LogP contribution in [0.2, 0.25) is 0 Å². The lowest BCUT2D eigenvalue weighted by molar-refractivity contribution is -0.137. The van der Waals surface area contributed by atoms with E-state index in [4.69, 9.17) is 0 Å². The number of halogens is 3. The van der Waals surface area contributed by atoms with E-state index in [0.717, 1.165) is 36.6 Å². The predicted octanol–water partition coefficient (Wildman–Crippen LogP) is 1.82. The normalized spacial score (nSPS) is 27.0. The van der Waals surface area contributed by atoms with E-state index >= 15 is 0 Å². The minimum Gasteiger partial charge on any atom is -0.390 e. The van der Waals surface area contributed by atoms with Crippen molar-refractivity contribution in [1.82, 2.24) is 20.5 Å². The molecule has 4 rings (SSSR count). The number of nitrogens with zero attached hydrogens (tertiary/aromatic N) is 2. The molecule has 4 N–H and O–H groups in total. The third-order valence-electron chi connectivity index (χ3n) is 7.04. The standard InChI is InChI=1S/C25H29F3N4O4/c26-25(27,28)18-3-1-2-16(12-18)23(35)30-13-22(34)31-20-14-32(15-21(20)33)19-4-8-24(36,9-5-19)17-6-10-29-11-7-17/h1-3,6-7,10-12,19-21,33,36H,4-5,8-9,13-15H2,(H,30,35)(H,31,34)/t19?,20-,21-,24?/m0/s1. The fourth-order valence-electron chi connectivity index (χ4n) is 5.01. The second kappa shape index (κ2) is 10.5. The van der Waals surface area contributed by atoms with E-state index in [2.05, 4.69) is 20.5 Å². The van der Waals surface area contributed by atoms with Crippen LogP contribution in [0.1, 0.15) is 47.2 Å². The Bertz CT molecular complexity index is 1070. The molecule has 194 valence electrons. The number of aliphatic hydroxyl groups is 2. The Labute approximate surface area is 206 Å². The first-order valence-corrected chi connectivity index (χ1v) is 11.8. The Hall–Kier alpha value is -3.02. The van der Waals surface area contributed by atoms with Crippen molar-refractivity contribution in [3.8, 4) is 0 Å². The molecule has 1 saturated carbocycles. The zero-order valence-corrected chi connectivity index (χ0v) is 19.5. The average Bonchev–Trinajstić information content (AvgIpc) is 3.22. The Morgan fingerprint density at radius 1 is 1.11 bits per heavy atom. The van der Waals surface area contributed by atoms with Gasteiger partial charge in [0.2, 0.25) is 5.91 Å². The molecule has 2 fully saturated rings. The molecule has 1 saturated heterocycles. The van der Waals surface area contributed by atoms with E-state index in [1.807, 2.05) is 12.1 Å². The fraction of sp³-hybridized carbons (Fsp3) is 0.480. The van der Waals surface area contributed by atoms with Crippen LogP contribution in [0.3, 0.4) is 0 Å². The van der Waals surface area contributed by atoms with Crippen molar-refractivity contribution in [2.24, 2.45) is 0 Å². The SMILES string of the molecule is O=C(CNC(=O)c1cccc(C(F)(F)F)c1)N[C@H]1CN(C2CCC(O)(c3ccncc3)CC2)C[C@@H]1O. The smallest absolute Gasteiger partial charge is 0.390 e. The molecule has 0 unspecified atom stereocenters. The highest BCUT2D eigenvalue weighted by Crippen LogP contribution is 2.39. The molecule has 1 aromatic heterocycles. The van der Waals surface area contributed by atoms with Crippen LogP contribution in [-0.4, -0.2) is 69.7 Å². The van der Waals surface area contributed by atoms with Crippen LogP contribution >= 0.6 is 0 Å². The highest BCUT2D eigenvalue weighted by Gasteiger charge is 2.41. The topological polar surface area (TPSA) is 115 Å². The number of likely N-dealkylation sites (tertiary alicyclic amines) is 1. The Balaban J connectivity index is 1.25. The molecule has 2 amide bonds. The second-order valence-electron chi connectivity index (χ2n) is 9.46. The number of aliphatic hydroxyl groups excluding tert-OH is 1. The lowest BCUT2D eigenvalue weighted by Crippen LogP contribution is -2.47. The summed E-state index contributed by atoms with van der Waals surface area (Å²) in [5.41, 5.74) is -1.21. The zero-order valence-electron chi connectivity index (χ0n) is 19.5. The maximum atomic E-state index is 12.9. The Morgan fingerprint density at radius 2 is 1.81 bits per heavy atom. The van der Waals surface area contributed by atoms with Gasteiger partial charge < -0.3 is 20.8 Å². The van der Waals surface area contributed by atoms with Gasteiger partial charge in [-0.15, -0.1) is 0 Å². The number of hydrogen-bond acceptors (Lipinski definition) is 6. The molecule has 0 spiro atoms. The number of aromatic nitrogens is 1. The van der Waals surface area contributed by atoms with Crippen molar-refractivity contribution in [2.75, 3.05) is 19.6 Å². The molecule has 1 aliphatic carbocycles. The van der Waals surface area contributed by atoms with Crippen LogP contribution in [0.25, 0.3) is 0 Å². The second-order valence-corrected chi connectivity index (χ2v) is 9.46. The molecule has 1 aromatic carbocycles. The number of carbonyl (C=O) groups excluding carboxylic acids is 2. The first-order valence-electron chi connectivity index (χ1n) is 11.8. The van der Waals surface area contributed by atoms with Gasteiger partial charge in [-0.05, 0) is 61.6 Å².